The van der Waals surface area contributed by atoms with Crippen LogP contribution in [0.3, 0.4) is 0 Å². The van der Waals surface area contributed by atoms with Gasteiger partial charge in [0, 0.05) is 36.4 Å². The Morgan fingerprint density at radius 2 is 1.10 bits per heavy atom. The van der Waals surface area contributed by atoms with Crippen LogP contribution in [0.2, 0.25) is 0 Å². The minimum absolute atomic E-state index is 0.0574. The highest BCUT2D eigenvalue weighted by Gasteiger charge is 2.20. The van der Waals surface area contributed by atoms with E-state index in [0.29, 0.717) is 11.1 Å². The van der Waals surface area contributed by atoms with E-state index in [0.717, 1.165) is 41.5 Å². The molecule has 0 aromatic heterocycles. The molecule has 1 aliphatic rings. The fourth-order valence-electron chi connectivity index (χ4n) is 3.33. The summed E-state index contributed by atoms with van der Waals surface area (Å²) >= 11 is 0. The molecule has 0 heterocycles. The van der Waals surface area contributed by atoms with Gasteiger partial charge in [0.15, 0.2) is 5.78 Å². The third-order valence-electron chi connectivity index (χ3n) is 4.96. The molecule has 0 radical (unpaired) electrons. The Morgan fingerprint density at radius 1 is 0.724 bits per heavy atom. The first-order chi connectivity index (χ1) is 14.0. The summed E-state index contributed by atoms with van der Waals surface area (Å²) in [7, 11) is 3.19. The number of benzene rings is 2. The molecule has 2 aromatic carbocycles. The van der Waals surface area contributed by atoms with E-state index in [1.807, 2.05) is 36.4 Å². The maximum atomic E-state index is 12.9. The third-order valence-corrected chi connectivity index (χ3v) is 4.96. The lowest BCUT2D eigenvalue weighted by molar-refractivity contribution is -0.112. The Kier molecular flexibility index (Phi) is 6.39. The molecule has 1 aliphatic carbocycles. The van der Waals surface area contributed by atoms with Crippen molar-refractivity contribution in [3.05, 3.63) is 81.9 Å². The van der Waals surface area contributed by atoms with Crippen molar-refractivity contribution in [3.63, 3.8) is 0 Å². The van der Waals surface area contributed by atoms with Crippen LogP contribution < -0.4 is 10.6 Å². The zero-order valence-corrected chi connectivity index (χ0v) is 16.6. The molecule has 0 bridgehead atoms. The van der Waals surface area contributed by atoms with E-state index in [1.165, 1.54) is 0 Å². The Morgan fingerprint density at radius 3 is 1.45 bits per heavy atom. The second kappa shape index (κ2) is 9.15. The molecule has 0 atom stereocenters. The van der Waals surface area contributed by atoms with Gasteiger partial charge in [-0.1, -0.05) is 24.3 Å². The number of hydrogen-bond acceptors (Lipinski definition) is 3. The van der Waals surface area contributed by atoms with E-state index in [9.17, 15) is 14.4 Å². The molecular formula is C24H24N2O3. The second-order valence-corrected chi connectivity index (χ2v) is 6.92. The summed E-state index contributed by atoms with van der Waals surface area (Å²) in [5.41, 5.74) is 4.53. The molecule has 0 saturated heterocycles. The number of carbonyl (C=O) groups is 3. The summed E-state index contributed by atoms with van der Waals surface area (Å²) < 4.78 is 0. The SMILES string of the molecule is CNC(=O)c1ccc(/C=C2/CCC/C(=C\c3ccc(C(=O)NC)cc3)C2=O)cc1. The van der Waals surface area contributed by atoms with Crippen LogP contribution >= 0.6 is 0 Å². The molecule has 1 fully saturated rings. The maximum Gasteiger partial charge on any atom is 0.251 e. The highest BCUT2D eigenvalue weighted by Crippen LogP contribution is 2.28. The monoisotopic (exact) mass is 388 g/mol. The summed E-state index contributed by atoms with van der Waals surface area (Å²) in [6.07, 6.45) is 6.19. The number of rotatable bonds is 4. The highest BCUT2D eigenvalue weighted by atomic mass is 16.2. The van der Waals surface area contributed by atoms with Gasteiger partial charge in [-0.05, 0) is 66.8 Å². The average molecular weight is 388 g/mol. The fraction of sp³-hybridized carbons (Fsp3) is 0.208. The molecule has 3 rings (SSSR count). The van der Waals surface area contributed by atoms with Crippen molar-refractivity contribution in [2.75, 3.05) is 14.1 Å². The fourth-order valence-corrected chi connectivity index (χ4v) is 3.33. The van der Waals surface area contributed by atoms with Gasteiger partial charge in [0.05, 0.1) is 0 Å². The van der Waals surface area contributed by atoms with Crippen LogP contribution in [0.15, 0.2) is 59.7 Å². The first-order valence-corrected chi connectivity index (χ1v) is 9.62. The van der Waals surface area contributed by atoms with Gasteiger partial charge < -0.3 is 10.6 Å². The molecule has 0 aliphatic heterocycles. The van der Waals surface area contributed by atoms with Crippen molar-refractivity contribution < 1.29 is 14.4 Å². The molecule has 2 amide bonds. The third kappa shape index (κ3) is 4.88. The van der Waals surface area contributed by atoms with Gasteiger partial charge in [-0.25, -0.2) is 0 Å². The number of amides is 2. The zero-order valence-electron chi connectivity index (χ0n) is 16.6. The van der Waals surface area contributed by atoms with Crippen molar-refractivity contribution in [2.24, 2.45) is 0 Å². The number of allylic oxidation sites excluding steroid dienone is 2. The number of Topliss-reactive ketones (excluding diaryl/α,β-unsaturated/α-hetero) is 1. The van der Waals surface area contributed by atoms with Gasteiger partial charge in [0.25, 0.3) is 11.8 Å². The molecule has 5 heteroatoms. The van der Waals surface area contributed by atoms with Gasteiger partial charge in [-0.2, -0.15) is 0 Å². The minimum atomic E-state index is -0.134. The van der Waals surface area contributed by atoms with E-state index >= 15 is 0 Å². The van der Waals surface area contributed by atoms with Crippen molar-refractivity contribution in [1.29, 1.82) is 0 Å². The molecule has 0 unspecified atom stereocenters. The summed E-state index contributed by atoms with van der Waals surface area (Å²) in [5.74, 6) is -0.210. The Bertz CT molecular complexity index is 904. The highest BCUT2D eigenvalue weighted by molar-refractivity contribution is 6.14. The first-order valence-electron chi connectivity index (χ1n) is 9.62. The summed E-state index contributed by atoms with van der Waals surface area (Å²) in [6, 6.07) is 14.4. The van der Waals surface area contributed by atoms with Crippen molar-refractivity contribution in [2.45, 2.75) is 19.3 Å². The summed E-state index contributed by atoms with van der Waals surface area (Å²) in [5, 5.41) is 5.19. The first kappa shape index (κ1) is 20.3. The maximum absolute atomic E-state index is 12.9. The normalized spacial score (nSPS) is 16.7. The summed E-state index contributed by atoms with van der Waals surface area (Å²) in [6.45, 7) is 0. The standard InChI is InChI=1S/C24H24N2O3/c1-25-23(28)18-10-6-16(7-11-18)14-20-4-3-5-21(22(20)27)15-17-8-12-19(13-9-17)24(29)26-2/h6-15H,3-5H2,1-2H3,(H,25,28)(H,26,29)/b20-14-,21-15+. The molecule has 5 nitrogen and oxygen atoms in total. The van der Waals surface area contributed by atoms with Crippen molar-refractivity contribution in [3.8, 4) is 0 Å². The molecule has 148 valence electrons. The molecule has 1 saturated carbocycles. The van der Waals surface area contributed by atoms with Gasteiger partial charge in [-0.3, -0.25) is 14.4 Å². The number of nitrogens with one attached hydrogen (secondary N) is 2. The lowest BCUT2D eigenvalue weighted by Crippen LogP contribution is -2.17. The van der Waals surface area contributed by atoms with Crippen LogP contribution in [0.25, 0.3) is 12.2 Å². The van der Waals surface area contributed by atoms with Crippen LogP contribution in [0, 0.1) is 0 Å². The van der Waals surface area contributed by atoms with Crippen LogP contribution in [0.5, 0.6) is 0 Å². The smallest absolute Gasteiger partial charge is 0.251 e. The predicted octanol–water partition coefficient (Wildman–Crippen LogP) is 3.63. The lowest BCUT2D eigenvalue weighted by atomic mass is 9.86. The van der Waals surface area contributed by atoms with E-state index in [1.54, 1.807) is 38.4 Å². The van der Waals surface area contributed by atoms with E-state index in [-0.39, 0.29) is 17.6 Å². The summed E-state index contributed by atoms with van der Waals surface area (Å²) in [4.78, 5) is 36.2. The molecule has 2 aromatic rings. The van der Waals surface area contributed by atoms with E-state index in [4.69, 9.17) is 0 Å². The average Bonchev–Trinajstić information content (AvgIpc) is 2.76. The lowest BCUT2D eigenvalue weighted by Gasteiger charge is -2.16. The van der Waals surface area contributed by atoms with Gasteiger partial charge in [0.1, 0.15) is 0 Å². The van der Waals surface area contributed by atoms with Crippen LogP contribution in [-0.2, 0) is 4.79 Å². The number of carbonyl (C=O) groups excluding carboxylic acids is 3. The van der Waals surface area contributed by atoms with Crippen LogP contribution in [0.1, 0.15) is 51.1 Å². The number of ketones is 1. The topological polar surface area (TPSA) is 75.3 Å². The van der Waals surface area contributed by atoms with Crippen LogP contribution in [-0.4, -0.2) is 31.7 Å². The molecule has 29 heavy (non-hydrogen) atoms. The Balaban J connectivity index is 1.79. The van der Waals surface area contributed by atoms with Gasteiger partial charge in [0.2, 0.25) is 0 Å². The van der Waals surface area contributed by atoms with Gasteiger partial charge >= 0.3 is 0 Å². The molecule has 0 spiro atoms. The molecule has 2 N–H and O–H groups in total. The van der Waals surface area contributed by atoms with Crippen LogP contribution in [0.4, 0.5) is 0 Å². The zero-order chi connectivity index (χ0) is 20.8. The quantitative estimate of drug-likeness (QED) is 0.786. The predicted molar refractivity (Wildman–Crippen MR) is 114 cm³/mol. The largest absolute Gasteiger partial charge is 0.355 e. The number of hydrogen-bond donors (Lipinski definition) is 2. The van der Waals surface area contributed by atoms with Crippen molar-refractivity contribution in [1.82, 2.24) is 10.6 Å². The molecular weight excluding hydrogens is 364 g/mol. The van der Waals surface area contributed by atoms with Crippen molar-refractivity contribution >= 4 is 29.7 Å². The van der Waals surface area contributed by atoms with E-state index in [2.05, 4.69) is 10.6 Å². The minimum Gasteiger partial charge on any atom is -0.355 e. The van der Waals surface area contributed by atoms with Gasteiger partial charge in [-0.15, -0.1) is 0 Å². The second-order valence-electron chi connectivity index (χ2n) is 6.92. The van der Waals surface area contributed by atoms with E-state index < -0.39 is 0 Å². The Hall–Kier alpha value is -3.47. The Labute approximate surface area is 170 Å².